The number of aliphatic carboxylic acids is 1. The maximum Gasteiger partial charge on any atom is 0.314 e. The summed E-state index contributed by atoms with van der Waals surface area (Å²) in [5.74, 6) is -0.00437. The Balaban J connectivity index is 1.91. The van der Waals surface area contributed by atoms with E-state index < -0.39 is 17.5 Å². The van der Waals surface area contributed by atoms with Crippen LogP contribution in [0.2, 0.25) is 5.02 Å². The molecule has 2 N–H and O–H groups in total. The molecule has 2 atom stereocenters. The van der Waals surface area contributed by atoms with Gasteiger partial charge in [-0.25, -0.2) is 9.97 Å². The molecule has 1 aliphatic heterocycles. The molecule has 0 unspecified atom stereocenters. The molecule has 0 bridgehead atoms. The van der Waals surface area contributed by atoms with Crippen molar-refractivity contribution in [3.05, 3.63) is 47.2 Å². The van der Waals surface area contributed by atoms with Crippen LogP contribution in [-0.4, -0.2) is 52.5 Å². The molecule has 0 radical (unpaired) electrons. The number of aliphatic hydroxyl groups excluding tert-OH is 1. The quantitative estimate of drug-likeness (QED) is 0.822. The predicted molar refractivity (Wildman–Crippen MR) is 96.6 cm³/mol. The second kappa shape index (κ2) is 7.47. The molecular formula is C18H20ClN3O4. The van der Waals surface area contributed by atoms with E-state index in [0.29, 0.717) is 29.7 Å². The lowest BCUT2D eigenvalue weighted by Crippen LogP contribution is -2.57. The molecule has 0 amide bonds. The van der Waals surface area contributed by atoms with Gasteiger partial charge in [0.1, 0.15) is 11.2 Å². The van der Waals surface area contributed by atoms with Crippen LogP contribution in [0.1, 0.15) is 12.0 Å². The fourth-order valence-electron chi connectivity index (χ4n) is 3.33. The first kappa shape index (κ1) is 18.4. The van der Waals surface area contributed by atoms with Crippen LogP contribution in [0.25, 0.3) is 0 Å². The Morgan fingerprint density at radius 3 is 2.81 bits per heavy atom. The summed E-state index contributed by atoms with van der Waals surface area (Å²) in [6.07, 6.45) is 2.45. The van der Waals surface area contributed by atoms with Crippen molar-refractivity contribution in [1.29, 1.82) is 0 Å². The molecule has 7 nitrogen and oxygen atoms in total. The van der Waals surface area contributed by atoms with Gasteiger partial charge in [-0.15, -0.1) is 0 Å². The first-order valence-electron chi connectivity index (χ1n) is 8.21. The van der Waals surface area contributed by atoms with Gasteiger partial charge in [-0.2, -0.15) is 0 Å². The van der Waals surface area contributed by atoms with E-state index in [1.807, 2.05) is 6.07 Å². The fourth-order valence-corrected chi connectivity index (χ4v) is 3.42. The number of hydrogen-bond acceptors (Lipinski definition) is 6. The minimum atomic E-state index is -1.37. The zero-order valence-corrected chi connectivity index (χ0v) is 15.1. The SMILES string of the molecule is COc1cccc(C[C@@]2(C(=O)O)CN(c3ncc(Cl)cn3)CC[C@@H]2O)c1. The molecule has 2 aromatic rings. The number of piperidine rings is 1. The average molecular weight is 378 g/mol. The third-order valence-corrected chi connectivity index (χ3v) is 4.95. The van der Waals surface area contributed by atoms with E-state index in [1.165, 1.54) is 12.4 Å². The average Bonchev–Trinajstić information content (AvgIpc) is 2.64. The molecule has 2 heterocycles. The number of carboxylic acid groups (broad SMARTS) is 1. The van der Waals surface area contributed by atoms with Crippen molar-refractivity contribution >= 4 is 23.5 Å². The smallest absolute Gasteiger partial charge is 0.314 e. The number of ether oxygens (including phenoxy) is 1. The van der Waals surface area contributed by atoms with Gasteiger partial charge in [-0.1, -0.05) is 23.7 Å². The van der Waals surface area contributed by atoms with Crippen molar-refractivity contribution < 1.29 is 19.7 Å². The monoisotopic (exact) mass is 377 g/mol. The number of benzene rings is 1. The standard InChI is InChI=1S/C18H20ClN3O4/c1-26-14-4-2-3-12(7-14)8-18(16(24)25)11-22(6-5-15(18)23)17-20-9-13(19)10-21-17/h2-4,7,9-10,15,23H,5-6,8,11H2,1H3,(H,24,25)/t15-,18+/m0/s1. The van der Waals surface area contributed by atoms with Gasteiger partial charge in [0, 0.05) is 13.1 Å². The van der Waals surface area contributed by atoms with Crippen LogP contribution in [0.5, 0.6) is 5.75 Å². The number of hydrogen-bond donors (Lipinski definition) is 2. The van der Waals surface area contributed by atoms with Gasteiger partial charge in [-0.3, -0.25) is 4.79 Å². The Bertz CT molecular complexity index is 786. The highest BCUT2D eigenvalue weighted by molar-refractivity contribution is 6.30. The lowest BCUT2D eigenvalue weighted by Gasteiger charge is -2.43. The van der Waals surface area contributed by atoms with Gasteiger partial charge in [0.25, 0.3) is 0 Å². The number of rotatable bonds is 5. The van der Waals surface area contributed by atoms with E-state index in [9.17, 15) is 15.0 Å². The Labute approximate surface area is 156 Å². The van der Waals surface area contributed by atoms with Crippen LogP contribution in [0.15, 0.2) is 36.7 Å². The molecule has 1 aromatic carbocycles. The second-order valence-corrected chi connectivity index (χ2v) is 6.85. The topological polar surface area (TPSA) is 95.8 Å². The van der Waals surface area contributed by atoms with Crippen LogP contribution in [-0.2, 0) is 11.2 Å². The molecule has 1 aromatic heterocycles. The number of anilines is 1. The lowest BCUT2D eigenvalue weighted by atomic mass is 9.73. The van der Waals surface area contributed by atoms with Crippen LogP contribution in [0.3, 0.4) is 0 Å². The van der Waals surface area contributed by atoms with Crippen molar-refractivity contribution in [2.75, 3.05) is 25.1 Å². The number of halogens is 1. The highest BCUT2D eigenvalue weighted by atomic mass is 35.5. The summed E-state index contributed by atoms with van der Waals surface area (Å²) in [7, 11) is 1.56. The molecule has 0 spiro atoms. The number of methoxy groups -OCH3 is 1. The summed E-state index contributed by atoms with van der Waals surface area (Å²) in [4.78, 5) is 22.3. The molecule has 1 fully saturated rings. The summed E-state index contributed by atoms with van der Waals surface area (Å²) in [5.41, 5.74) is -0.585. The third-order valence-electron chi connectivity index (χ3n) is 4.75. The summed E-state index contributed by atoms with van der Waals surface area (Å²) in [6, 6.07) is 7.22. The highest BCUT2D eigenvalue weighted by Gasteiger charge is 2.49. The third kappa shape index (κ3) is 3.59. The zero-order chi connectivity index (χ0) is 18.7. The van der Waals surface area contributed by atoms with E-state index in [1.54, 1.807) is 30.2 Å². The van der Waals surface area contributed by atoms with E-state index >= 15 is 0 Å². The number of nitrogens with zero attached hydrogens (tertiary/aromatic N) is 3. The summed E-state index contributed by atoms with van der Waals surface area (Å²) < 4.78 is 5.21. The Hall–Kier alpha value is -2.38. The molecule has 1 saturated heterocycles. The second-order valence-electron chi connectivity index (χ2n) is 6.42. The Morgan fingerprint density at radius 1 is 1.42 bits per heavy atom. The van der Waals surface area contributed by atoms with Gasteiger partial charge in [-0.05, 0) is 30.5 Å². The first-order valence-corrected chi connectivity index (χ1v) is 8.59. The minimum absolute atomic E-state index is 0.0995. The maximum absolute atomic E-state index is 12.2. The molecule has 3 rings (SSSR count). The maximum atomic E-state index is 12.2. The molecule has 138 valence electrons. The van der Waals surface area contributed by atoms with Crippen LogP contribution >= 0.6 is 11.6 Å². The number of aliphatic hydroxyl groups is 1. The van der Waals surface area contributed by atoms with Crippen LogP contribution < -0.4 is 9.64 Å². The van der Waals surface area contributed by atoms with Crippen molar-refractivity contribution in [3.63, 3.8) is 0 Å². The van der Waals surface area contributed by atoms with Gasteiger partial charge in [0.2, 0.25) is 5.95 Å². The van der Waals surface area contributed by atoms with Crippen molar-refractivity contribution in [2.24, 2.45) is 5.41 Å². The zero-order valence-electron chi connectivity index (χ0n) is 14.3. The summed E-state index contributed by atoms with van der Waals surface area (Å²) in [5, 5.41) is 21.0. The molecule has 0 aliphatic carbocycles. The number of carbonyl (C=O) groups is 1. The normalized spacial score (nSPS) is 22.9. The van der Waals surface area contributed by atoms with Crippen molar-refractivity contribution in [3.8, 4) is 5.75 Å². The molecule has 1 aliphatic rings. The van der Waals surface area contributed by atoms with Gasteiger partial charge in [0.05, 0.1) is 30.6 Å². The fraction of sp³-hybridized carbons (Fsp3) is 0.389. The molecular weight excluding hydrogens is 358 g/mol. The van der Waals surface area contributed by atoms with E-state index in [0.717, 1.165) is 5.56 Å². The molecule has 8 heteroatoms. The van der Waals surface area contributed by atoms with Gasteiger partial charge >= 0.3 is 5.97 Å². The van der Waals surface area contributed by atoms with Crippen LogP contribution in [0.4, 0.5) is 5.95 Å². The summed E-state index contributed by atoms with van der Waals surface area (Å²) >= 11 is 5.83. The van der Waals surface area contributed by atoms with Crippen molar-refractivity contribution in [2.45, 2.75) is 18.9 Å². The Kier molecular flexibility index (Phi) is 5.29. The summed E-state index contributed by atoms with van der Waals surface area (Å²) in [6.45, 7) is 0.568. The minimum Gasteiger partial charge on any atom is -0.497 e. The first-order chi connectivity index (χ1) is 12.4. The van der Waals surface area contributed by atoms with Gasteiger partial charge in [0.15, 0.2) is 0 Å². The van der Waals surface area contributed by atoms with E-state index in [-0.39, 0.29) is 13.0 Å². The predicted octanol–water partition coefficient (Wildman–Crippen LogP) is 2.02. The van der Waals surface area contributed by atoms with Gasteiger partial charge < -0.3 is 19.8 Å². The Morgan fingerprint density at radius 2 is 2.15 bits per heavy atom. The lowest BCUT2D eigenvalue weighted by molar-refractivity contribution is -0.157. The largest absolute Gasteiger partial charge is 0.497 e. The number of carboxylic acids is 1. The molecule has 0 saturated carbocycles. The van der Waals surface area contributed by atoms with Crippen LogP contribution in [0, 0.1) is 5.41 Å². The van der Waals surface area contributed by atoms with E-state index in [2.05, 4.69) is 9.97 Å². The number of aromatic nitrogens is 2. The van der Waals surface area contributed by atoms with Crippen molar-refractivity contribution in [1.82, 2.24) is 9.97 Å². The highest BCUT2D eigenvalue weighted by Crippen LogP contribution is 2.36. The van der Waals surface area contributed by atoms with E-state index in [4.69, 9.17) is 16.3 Å². The molecule has 26 heavy (non-hydrogen) atoms.